The minimum Gasteiger partial charge on any atom is -1.00 e. The van der Waals surface area contributed by atoms with Crippen LogP contribution in [0.25, 0.3) is 0 Å². The predicted molar refractivity (Wildman–Crippen MR) is 157 cm³/mol. The Labute approximate surface area is 255 Å². The number of fused-ring (bicyclic) bond motifs is 2. The molecule has 39 heavy (non-hydrogen) atoms. The summed E-state index contributed by atoms with van der Waals surface area (Å²) in [5, 5.41) is 10.9. The van der Waals surface area contributed by atoms with E-state index in [2.05, 4.69) is 43.2 Å². The maximum Gasteiger partial charge on any atom is 1.00 e. The Hall–Kier alpha value is -2.32. The van der Waals surface area contributed by atoms with Crippen LogP contribution in [0.3, 0.4) is 0 Å². The van der Waals surface area contributed by atoms with Gasteiger partial charge < -0.3 is 12.1 Å². The molecule has 2 saturated heterocycles. The van der Waals surface area contributed by atoms with Crippen molar-refractivity contribution < 1.29 is 30.0 Å². The molecule has 2 aromatic rings. The van der Waals surface area contributed by atoms with E-state index in [0.717, 1.165) is 29.6 Å². The fourth-order valence-electron chi connectivity index (χ4n) is 7.11. The van der Waals surface area contributed by atoms with Crippen molar-refractivity contribution in [2.24, 2.45) is 23.7 Å². The molecule has 2 saturated carbocycles. The van der Waals surface area contributed by atoms with Crippen molar-refractivity contribution in [1.82, 2.24) is 9.80 Å². The van der Waals surface area contributed by atoms with E-state index in [0.29, 0.717) is 18.5 Å². The third-order valence-electron chi connectivity index (χ3n) is 9.46. The molecule has 2 aromatic carbocycles. The number of benzene rings is 2. The summed E-state index contributed by atoms with van der Waals surface area (Å²) in [6, 6.07) is 15.1. The molecule has 7 nitrogen and oxygen atoms in total. The maximum atomic E-state index is 12.3. The van der Waals surface area contributed by atoms with Crippen LogP contribution >= 0.6 is 0 Å². The number of anilines is 1. The second-order valence-electron chi connectivity index (χ2n) is 11.3. The summed E-state index contributed by atoms with van der Waals surface area (Å²) < 4.78 is 0. The van der Waals surface area contributed by atoms with Gasteiger partial charge in [-0.3, -0.25) is 19.8 Å². The number of rotatable bonds is 7. The first-order chi connectivity index (χ1) is 17.7. The number of carbonyl (C=O) groups excluding carboxylic acids is 1. The fraction of sp³-hybridized carbons (Fsp3) is 0.433. The third kappa shape index (κ3) is 5.26. The second kappa shape index (κ2) is 11.7. The monoisotopic (exact) mass is 538 g/mol. The van der Waals surface area contributed by atoms with E-state index in [4.69, 9.17) is 5.73 Å². The number of nitrogens with zero attached hydrogens (tertiary/aromatic N) is 3. The van der Waals surface area contributed by atoms with Crippen molar-refractivity contribution in [1.29, 1.82) is 0 Å². The Morgan fingerprint density at radius 2 is 1.59 bits per heavy atom. The van der Waals surface area contributed by atoms with Crippen LogP contribution in [0.1, 0.15) is 26.4 Å². The van der Waals surface area contributed by atoms with Crippen LogP contribution in [-0.4, -0.2) is 70.7 Å². The van der Waals surface area contributed by atoms with Gasteiger partial charge in [0.15, 0.2) is 17.4 Å². The van der Waals surface area contributed by atoms with Gasteiger partial charge in [-0.05, 0) is 41.0 Å². The van der Waals surface area contributed by atoms with E-state index >= 15 is 0 Å². The van der Waals surface area contributed by atoms with Gasteiger partial charge in [-0.15, -0.1) is 13.2 Å². The summed E-state index contributed by atoms with van der Waals surface area (Å²) in [5.41, 5.74) is 9.30. The zero-order valence-electron chi connectivity index (χ0n) is 23.7. The summed E-state index contributed by atoms with van der Waals surface area (Å²) in [6.07, 6.45) is 3.73. The number of hydrogen-bond donors (Lipinski definition) is 1. The van der Waals surface area contributed by atoms with Crippen LogP contribution in [-0.2, 0) is 15.6 Å². The third-order valence-corrected chi connectivity index (χ3v) is 9.46. The average molecular weight is 539 g/mol. The van der Waals surface area contributed by atoms with E-state index in [1.165, 1.54) is 24.7 Å². The van der Waals surface area contributed by atoms with Gasteiger partial charge in [-0.1, -0.05) is 50.3 Å². The summed E-state index contributed by atoms with van der Waals surface area (Å²) in [4.78, 5) is 27.1. The van der Waals surface area contributed by atoms with Gasteiger partial charge >= 0.3 is 18.9 Å². The van der Waals surface area contributed by atoms with E-state index in [9.17, 15) is 14.9 Å². The topological polar surface area (TPSA) is 92.7 Å². The molecule has 4 aliphatic rings. The smallest absolute Gasteiger partial charge is 1.00 e. The zero-order valence-corrected chi connectivity index (χ0v) is 22.7. The van der Waals surface area contributed by atoms with Crippen molar-refractivity contribution in [2.45, 2.75) is 24.7 Å². The maximum absolute atomic E-state index is 12.3. The van der Waals surface area contributed by atoms with Crippen LogP contribution in [0.4, 0.5) is 11.4 Å². The number of nitro benzene ring substituents is 1. The molecule has 2 heterocycles. The van der Waals surface area contributed by atoms with E-state index < -0.39 is 4.92 Å². The van der Waals surface area contributed by atoms with Crippen LogP contribution < -0.4 is 24.6 Å². The van der Waals surface area contributed by atoms with Gasteiger partial charge in [0.1, 0.15) is 0 Å². The zero-order chi connectivity index (χ0) is 26.5. The molecule has 4 fully saturated rings. The van der Waals surface area contributed by atoms with E-state index in [1.807, 2.05) is 25.1 Å². The normalized spacial score (nSPS) is 31.4. The van der Waals surface area contributed by atoms with Crippen molar-refractivity contribution >= 4 is 34.6 Å². The second-order valence-corrected chi connectivity index (χ2v) is 11.3. The largest absolute Gasteiger partial charge is 1.00 e. The molecule has 0 radical (unpaired) electrons. The van der Waals surface area contributed by atoms with Gasteiger partial charge in [-0.2, -0.15) is 0 Å². The SMILES string of the molecule is C=CCN1CC2C(C1)C2(C)c1cccc(N)c1.C=CCN1CC2C(C1=O)C2(C)c1cccc([N+](=O)[O-])c1.[AlH3].[H-].[Li+]. The number of amides is 1. The molecular formula is C30H40AlLiN4O3. The number of nitro groups is 1. The summed E-state index contributed by atoms with van der Waals surface area (Å²) in [5.74, 6) is 1.99. The molecule has 0 bridgehead atoms. The summed E-state index contributed by atoms with van der Waals surface area (Å²) in [6.45, 7) is 16.6. The fourth-order valence-corrected chi connectivity index (χ4v) is 7.11. The average Bonchev–Trinajstić information content (AvgIpc) is 3.43. The van der Waals surface area contributed by atoms with E-state index in [1.54, 1.807) is 23.1 Å². The minimum absolute atomic E-state index is 0. The van der Waals surface area contributed by atoms with Crippen LogP contribution in [0.2, 0.25) is 0 Å². The van der Waals surface area contributed by atoms with Crippen LogP contribution in [0, 0.1) is 33.8 Å². The molecule has 5 atom stereocenters. The number of non-ortho nitro benzene ring substituents is 1. The Morgan fingerprint density at radius 3 is 2.10 bits per heavy atom. The molecule has 202 valence electrons. The van der Waals surface area contributed by atoms with Crippen LogP contribution in [0.5, 0.6) is 0 Å². The summed E-state index contributed by atoms with van der Waals surface area (Å²) in [7, 11) is 0. The molecule has 1 amide bonds. The first-order valence-electron chi connectivity index (χ1n) is 13.0. The van der Waals surface area contributed by atoms with Gasteiger partial charge in [0, 0.05) is 61.4 Å². The Kier molecular flexibility index (Phi) is 9.33. The quantitative estimate of drug-likeness (QED) is 0.180. The van der Waals surface area contributed by atoms with Gasteiger partial charge in [-0.25, -0.2) is 0 Å². The molecule has 2 aliphatic carbocycles. The molecule has 0 spiro atoms. The van der Waals surface area contributed by atoms with Crippen molar-refractivity contribution in [3.05, 3.63) is 95.1 Å². The first-order valence-corrected chi connectivity index (χ1v) is 13.0. The number of carbonyl (C=O) groups is 1. The molecule has 2 aliphatic heterocycles. The first kappa shape index (κ1) is 31.2. The Balaban J connectivity index is 0.000000263. The number of piperidine rings is 2. The Bertz CT molecular complexity index is 1270. The van der Waals surface area contributed by atoms with Crippen LogP contribution in [0.15, 0.2) is 73.8 Å². The number of likely N-dealkylation sites (tertiary alicyclic amines) is 2. The van der Waals surface area contributed by atoms with Crippen molar-refractivity contribution in [3.8, 4) is 0 Å². The molecular weight excluding hydrogens is 498 g/mol. The van der Waals surface area contributed by atoms with Crippen molar-refractivity contribution in [2.75, 3.05) is 38.5 Å². The van der Waals surface area contributed by atoms with Gasteiger partial charge in [0.05, 0.1) is 10.8 Å². The standard InChI is InChI=1S/C15H16N2O3.C15H20N2.Al.Li.4H/c1-3-7-16-9-12-13(14(16)18)15(12,2)10-5-4-6-11(8-10)17(19)20;1-3-7-17-9-13-14(10-17)15(13,2)11-5-4-6-12(16)8-11;;;;;;/h3-6,8,12-13H,1,7,9H2,2H3;3-6,8,13-14H,1,7,9-10,16H2,2H3;;;;;;/q;;;+1;;;;-1. The van der Waals surface area contributed by atoms with Gasteiger partial charge in [0.2, 0.25) is 5.91 Å². The predicted octanol–water partition coefficient (Wildman–Crippen LogP) is 0.333. The van der Waals surface area contributed by atoms with E-state index in [-0.39, 0.29) is 66.5 Å². The molecule has 0 aromatic heterocycles. The number of nitrogens with two attached hydrogens (primary N) is 1. The summed E-state index contributed by atoms with van der Waals surface area (Å²) >= 11 is 0. The number of hydrogen-bond acceptors (Lipinski definition) is 5. The molecule has 2 N–H and O–H groups in total. The molecule has 6 rings (SSSR count). The number of nitrogen functional groups attached to an aromatic ring is 1. The minimum atomic E-state index is -0.392. The Morgan fingerprint density at radius 1 is 1.00 bits per heavy atom. The van der Waals surface area contributed by atoms with Gasteiger partial charge in [0.25, 0.3) is 5.69 Å². The molecule has 9 heteroatoms. The molecule has 5 unspecified atom stereocenters. The van der Waals surface area contributed by atoms with Crippen molar-refractivity contribution in [3.63, 3.8) is 0 Å².